The van der Waals surface area contributed by atoms with Crippen LogP contribution in [0.2, 0.25) is 0 Å². The second-order valence-corrected chi connectivity index (χ2v) is 8.15. The SMILES string of the molecule is CN=C(NCCCOC1CCCCC1)NCc1ccnc(N2CCN(C)CC2)c1. The van der Waals surface area contributed by atoms with Crippen molar-refractivity contribution in [3.8, 4) is 0 Å². The molecule has 0 spiro atoms. The molecule has 0 amide bonds. The van der Waals surface area contributed by atoms with Crippen molar-refractivity contribution in [1.29, 1.82) is 0 Å². The van der Waals surface area contributed by atoms with Crippen LogP contribution >= 0.6 is 0 Å². The molecule has 0 atom stereocenters. The number of likely N-dealkylation sites (N-methyl/N-ethyl adjacent to an activating group) is 1. The van der Waals surface area contributed by atoms with Crippen molar-refractivity contribution in [3.05, 3.63) is 23.9 Å². The summed E-state index contributed by atoms with van der Waals surface area (Å²) in [6.07, 6.45) is 9.89. The predicted octanol–water partition coefficient (Wildman–Crippen LogP) is 2.24. The summed E-state index contributed by atoms with van der Waals surface area (Å²) in [6, 6.07) is 4.25. The lowest BCUT2D eigenvalue weighted by Crippen LogP contribution is -2.44. The number of piperazine rings is 1. The second-order valence-electron chi connectivity index (χ2n) is 8.15. The van der Waals surface area contributed by atoms with Crippen molar-refractivity contribution in [3.63, 3.8) is 0 Å². The zero-order valence-electron chi connectivity index (χ0n) is 18.2. The van der Waals surface area contributed by atoms with Crippen LogP contribution in [0.1, 0.15) is 44.1 Å². The molecule has 7 nitrogen and oxygen atoms in total. The number of hydrogen-bond acceptors (Lipinski definition) is 5. The average molecular weight is 403 g/mol. The van der Waals surface area contributed by atoms with Crippen LogP contribution in [-0.2, 0) is 11.3 Å². The minimum absolute atomic E-state index is 0.488. The van der Waals surface area contributed by atoms with E-state index >= 15 is 0 Å². The van der Waals surface area contributed by atoms with Crippen molar-refractivity contribution < 1.29 is 4.74 Å². The molecule has 0 aromatic carbocycles. The molecule has 1 aliphatic heterocycles. The van der Waals surface area contributed by atoms with Crippen LogP contribution in [0.15, 0.2) is 23.3 Å². The number of guanidine groups is 1. The van der Waals surface area contributed by atoms with Crippen LogP contribution in [0, 0.1) is 0 Å². The summed E-state index contributed by atoms with van der Waals surface area (Å²) in [6.45, 7) is 6.68. The van der Waals surface area contributed by atoms with Gasteiger partial charge in [0.1, 0.15) is 5.82 Å². The maximum Gasteiger partial charge on any atom is 0.191 e. The van der Waals surface area contributed by atoms with E-state index in [1.807, 2.05) is 13.2 Å². The lowest BCUT2D eigenvalue weighted by molar-refractivity contribution is 0.0277. The third-order valence-corrected chi connectivity index (χ3v) is 5.84. The van der Waals surface area contributed by atoms with Gasteiger partial charge in [0, 0.05) is 59.1 Å². The van der Waals surface area contributed by atoms with Gasteiger partial charge in [-0.3, -0.25) is 4.99 Å². The zero-order chi connectivity index (χ0) is 20.3. The molecule has 0 bridgehead atoms. The van der Waals surface area contributed by atoms with Gasteiger partial charge in [-0.1, -0.05) is 19.3 Å². The van der Waals surface area contributed by atoms with Crippen molar-refractivity contribution >= 4 is 11.8 Å². The smallest absolute Gasteiger partial charge is 0.191 e. The maximum absolute atomic E-state index is 5.99. The number of ether oxygens (including phenoxy) is 1. The first-order chi connectivity index (χ1) is 14.2. The van der Waals surface area contributed by atoms with Crippen LogP contribution in [0.5, 0.6) is 0 Å². The molecule has 0 radical (unpaired) electrons. The Morgan fingerprint density at radius 2 is 1.97 bits per heavy atom. The van der Waals surface area contributed by atoms with Crippen molar-refractivity contribution in [2.24, 2.45) is 4.99 Å². The number of nitrogens with zero attached hydrogens (tertiary/aromatic N) is 4. The molecule has 2 heterocycles. The normalized spacial score (nSPS) is 19.4. The number of aliphatic imine (C=N–C) groups is 1. The Hall–Kier alpha value is -1.86. The van der Waals surface area contributed by atoms with E-state index < -0.39 is 0 Å². The fourth-order valence-electron chi connectivity index (χ4n) is 3.95. The zero-order valence-corrected chi connectivity index (χ0v) is 18.2. The molecule has 1 aromatic heterocycles. The minimum atomic E-state index is 0.488. The first-order valence-electron chi connectivity index (χ1n) is 11.2. The highest BCUT2D eigenvalue weighted by Crippen LogP contribution is 2.20. The summed E-state index contributed by atoms with van der Waals surface area (Å²) in [5, 5.41) is 6.79. The molecule has 2 N–H and O–H groups in total. The van der Waals surface area contributed by atoms with E-state index in [1.165, 1.54) is 37.7 Å². The van der Waals surface area contributed by atoms with Crippen LogP contribution in [-0.4, -0.2) is 75.4 Å². The highest BCUT2D eigenvalue weighted by Gasteiger charge is 2.15. The molecule has 1 saturated heterocycles. The molecule has 2 aliphatic rings. The van der Waals surface area contributed by atoms with Gasteiger partial charge < -0.3 is 25.2 Å². The van der Waals surface area contributed by atoms with E-state index in [0.717, 1.165) is 64.1 Å². The van der Waals surface area contributed by atoms with E-state index in [9.17, 15) is 0 Å². The molecule has 1 aliphatic carbocycles. The van der Waals surface area contributed by atoms with Gasteiger partial charge in [0.15, 0.2) is 5.96 Å². The summed E-state index contributed by atoms with van der Waals surface area (Å²) in [5.74, 6) is 1.90. The molecule has 29 heavy (non-hydrogen) atoms. The van der Waals surface area contributed by atoms with Gasteiger partial charge in [-0.25, -0.2) is 4.98 Å². The van der Waals surface area contributed by atoms with Crippen molar-refractivity contribution in [2.75, 3.05) is 58.3 Å². The van der Waals surface area contributed by atoms with Crippen LogP contribution in [0.3, 0.4) is 0 Å². The molecular weight excluding hydrogens is 364 g/mol. The predicted molar refractivity (Wildman–Crippen MR) is 120 cm³/mol. The van der Waals surface area contributed by atoms with Gasteiger partial charge in [-0.05, 0) is 44.0 Å². The van der Waals surface area contributed by atoms with Crippen LogP contribution in [0.4, 0.5) is 5.82 Å². The Morgan fingerprint density at radius 3 is 2.72 bits per heavy atom. The summed E-state index contributed by atoms with van der Waals surface area (Å²) >= 11 is 0. The first kappa shape index (κ1) is 21.8. The van der Waals surface area contributed by atoms with Crippen molar-refractivity contribution in [2.45, 2.75) is 51.2 Å². The number of hydrogen-bond donors (Lipinski definition) is 2. The molecule has 2 fully saturated rings. The van der Waals surface area contributed by atoms with Gasteiger partial charge in [-0.2, -0.15) is 0 Å². The Bertz CT molecular complexity index is 623. The Kier molecular flexibility index (Phi) is 9.02. The van der Waals surface area contributed by atoms with Crippen LogP contribution in [0.25, 0.3) is 0 Å². The van der Waals surface area contributed by atoms with Gasteiger partial charge in [0.05, 0.1) is 6.10 Å². The second kappa shape index (κ2) is 12.0. The molecule has 1 saturated carbocycles. The van der Waals surface area contributed by atoms with Crippen molar-refractivity contribution in [1.82, 2.24) is 20.5 Å². The third kappa shape index (κ3) is 7.48. The largest absolute Gasteiger partial charge is 0.378 e. The van der Waals surface area contributed by atoms with E-state index in [1.54, 1.807) is 0 Å². The fourth-order valence-corrected chi connectivity index (χ4v) is 3.95. The molecule has 0 unspecified atom stereocenters. The van der Waals surface area contributed by atoms with Gasteiger partial charge >= 0.3 is 0 Å². The Balaban J connectivity index is 1.35. The number of nitrogens with one attached hydrogen (secondary N) is 2. The first-order valence-corrected chi connectivity index (χ1v) is 11.2. The summed E-state index contributed by atoms with van der Waals surface area (Å²) in [5.41, 5.74) is 1.22. The Labute approximate surface area is 175 Å². The standard InChI is InChI=1S/C22H38N6O/c1-23-22(25-10-6-16-29-20-7-4-3-5-8-20)26-18-19-9-11-24-21(17-19)28-14-12-27(2)13-15-28/h9,11,17,20H,3-8,10,12-16,18H2,1-2H3,(H2,23,25,26). The summed E-state index contributed by atoms with van der Waals surface area (Å²) in [4.78, 5) is 13.6. The van der Waals surface area contributed by atoms with E-state index in [-0.39, 0.29) is 0 Å². The summed E-state index contributed by atoms with van der Waals surface area (Å²) in [7, 11) is 3.99. The highest BCUT2D eigenvalue weighted by molar-refractivity contribution is 5.79. The molecular formula is C22H38N6O. The van der Waals surface area contributed by atoms with Gasteiger partial charge in [0.25, 0.3) is 0 Å². The fraction of sp³-hybridized carbons (Fsp3) is 0.727. The van der Waals surface area contributed by atoms with Crippen LogP contribution < -0.4 is 15.5 Å². The summed E-state index contributed by atoms with van der Waals surface area (Å²) < 4.78 is 5.99. The molecule has 3 rings (SSSR count). The van der Waals surface area contributed by atoms with E-state index in [0.29, 0.717) is 6.10 Å². The topological polar surface area (TPSA) is 65.0 Å². The average Bonchev–Trinajstić information content (AvgIpc) is 2.77. The Morgan fingerprint density at radius 1 is 1.17 bits per heavy atom. The number of aromatic nitrogens is 1. The lowest BCUT2D eigenvalue weighted by atomic mass is 9.98. The number of anilines is 1. The minimum Gasteiger partial charge on any atom is -0.378 e. The highest BCUT2D eigenvalue weighted by atomic mass is 16.5. The quantitative estimate of drug-likeness (QED) is 0.395. The molecule has 7 heteroatoms. The van der Waals surface area contributed by atoms with E-state index in [4.69, 9.17) is 4.74 Å². The van der Waals surface area contributed by atoms with Gasteiger partial charge in [0.2, 0.25) is 0 Å². The number of rotatable bonds is 8. The van der Waals surface area contributed by atoms with E-state index in [2.05, 4.69) is 49.6 Å². The maximum atomic E-state index is 5.99. The van der Waals surface area contributed by atoms with Gasteiger partial charge in [-0.15, -0.1) is 0 Å². The monoisotopic (exact) mass is 402 g/mol. The number of pyridine rings is 1. The lowest BCUT2D eigenvalue weighted by Gasteiger charge is -2.33. The third-order valence-electron chi connectivity index (χ3n) is 5.84. The molecule has 162 valence electrons. The molecule has 1 aromatic rings.